The topological polar surface area (TPSA) is 84.2 Å². The van der Waals surface area contributed by atoms with Gasteiger partial charge in [0.1, 0.15) is 5.82 Å². The highest BCUT2D eigenvalue weighted by Gasteiger charge is 2.30. The second-order valence-corrected chi connectivity index (χ2v) is 8.09. The quantitative estimate of drug-likeness (QED) is 0.332. The number of amides is 1. The van der Waals surface area contributed by atoms with Gasteiger partial charge >= 0.3 is 5.69 Å². The predicted octanol–water partition coefficient (Wildman–Crippen LogP) is 2.97. The predicted molar refractivity (Wildman–Crippen MR) is 125 cm³/mol. The first-order valence-electron chi connectivity index (χ1n) is 10.3. The summed E-state index contributed by atoms with van der Waals surface area (Å²) < 4.78 is 15.9. The van der Waals surface area contributed by atoms with Gasteiger partial charge in [-0.1, -0.05) is 24.3 Å². The van der Waals surface area contributed by atoms with Crippen LogP contribution in [0.2, 0.25) is 5.15 Å². The van der Waals surface area contributed by atoms with E-state index in [1.807, 2.05) is 11.8 Å². The van der Waals surface area contributed by atoms with Gasteiger partial charge in [-0.15, -0.1) is 6.58 Å². The van der Waals surface area contributed by atoms with Crippen LogP contribution in [0.15, 0.2) is 48.4 Å². The molecule has 4 rings (SSSR count). The van der Waals surface area contributed by atoms with E-state index in [0.29, 0.717) is 36.4 Å². The van der Waals surface area contributed by atoms with Crippen molar-refractivity contribution in [2.24, 2.45) is 0 Å². The molecule has 1 unspecified atom stereocenters. The minimum atomic E-state index is -0.729. The number of piperazine rings is 1. The van der Waals surface area contributed by atoms with E-state index >= 15 is 0 Å². The highest BCUT2D eigenvalue weighted by Crippen LogP contribution is 2.30. The molecule has 1 amide bonds. The van der Waals surface area contributed by atoms with E-state index in [4.69, 9.17) is 11.6 Å². The summed E-state index contributed by atoms with van der Waals surface area (Å²) in [5.41, 5.74) is 1.46. The van der Waals surface area contributed by atoms with Crippen LogP contribution in [0.4, 0.5) is 10.2 Å². The fourth-order valence-corrected chi connectivity index (χ4v) is 4.27. The van der Waals surface area contributed by atoms with Gasteiger partial charge in [0.2, 0.25) is 5.91 Å². The average molecular weight is 469 g/mol. The summed E-state index contributed by atoms with van der Waals surface area (Å²) in [5.74, 6) is -0.673. The molecule has 1 fully saturated rings. The van der Waals surface area contributed by atoms with Crippen LogP contribution in [-0.4, -0.2) is 56.0 Å². The number of rotatable bonds is 4. The summed E-state index contributed by atoms with van der Waals surface area (Å²) in [5, 5.41) is -0.0387. The number of hydrogen-bond donors (Lipinski definition) is 0. The highest BCUT2D eigenvalue weighted by molar-refractivity contribution is 6.30. The molecule has 4 heterocycles. The Labute approximate surface area is 194 Å². The Kier molecular flexibility index (Phi) is 5.99. The van der Waals surface area contributed by atoms with Crippen LogP contribution in [0, 0.1) is 19.7 Å². The molecular formula is C23H22ClFN6O2. The molecule has 33 heavy (non-hydrogen) atoms. The van der Waals surface area contributed by atoms with Crippen molar-refractivity contribution in [1.82, 2.24) is 24.4 Å². The Morgan fingerprint density at radius 3 is 2.70 bits per heavy atom. The van der Waals surface area contributed by atoms with Gasteiger partial charge < -0.3 is 9.80 Å². The van der Waals surface area contributed by atoms with Gasteiger partial charge in [-0.05, 0) is 37.6 Å². The Morgan fingerprint density at radius 1 is 1.27 bits per heavy atom. The summed E-state index contributed by atoms with van der Waals surface area (Å²) in [4.78, 5) is 41.7. The van der Waals surface area contributed by atoms with Gasteiger partial charge in [0.05, 0.1) is 22.8 Å². The Hall–Kier alpha value is -3.59. The van der Waals surface area contributed by atoms with E-state index in [2.05, 4.69) is 28.1 Å². The molecule has 0 aliphatic carbocycles. The van der Waals surface area contributed by atoms with Crippen LogP contribution in [0.5, 0.6) is 0 Å². The minimum absolute atomic E-state index is 0.169. The molecule has 10 heteroatoms. The molecule has 0 radical (unpaired) electrons. The number of hydrogen-bond acceptors (Lipinski definition) is 6. The van der Waals surface area contributed by atoms with Crippen LogP contribution >= 0.6 is 11.6 Å². The molecule has 1 aliphatic rings. The molecule has 170 valence electrons. The van der Waals surface area contributed by atoms with Crippen molar-refractivity contribution in [3.05, 3.63) is 76.4 Å². The summed E-state index contributed by atoms with van der Waals surface area (Å²) in [6.45, 7) is 12.1. The van der Waals surface area contributed by atoms with Crippen molar-refractivity contribution in [2.75, 3.05) is 24.5 Å². The van der Waals surface area contributed by atoms with Crippen LogP contribution in [0.1, 0.15) is 11.3 Å². The standard InChI is InChI=1S/C23H22ClFN6O2/c1-5-15-12-29(18(32)6-2)9-10-30(15)21-16-11-17(25)20(24)27-22(16)31(23(33)28-21)19-13(3)7-8-26-14(19)4/h5-8,11,15H,1-2,9-10,12H2,3-4H3. The molecule has 1 saturated heterocycles. The maximum Gasteiger partial charge on any atom is 0.355 e. The zero-order valence-electron chi connectivity index (χ0n) is 18.3. The van der Waals surface area contributed by atoms with E-state index in [9.17, 15) is 14.0 Å². The zero-order chi connectivity index (χ0) is 23.9. The normalized spacial score (nSPS) is 16.2. The van der Waals surface area contributed by atoms with E-state index < -0.39 is 11.5 Å². The van der Waals surface area contributed by atoms with Crippen LogP contribution in [0.3, 0.4) is 0 Å². The van der Waals surface area contributed by atoms with E-state index in [1.54, 1.807) is 30.2 Å². The second-order valence-electron chi connectivity index (χ2n) is 7.73. The van der Waals surface area contributed by atoms with Crippen LogP contribution in [-0.2, 0) is 4.79 Å². The van der Waals surface area contributed by atoms with Gasteiger partial charge in [0, 0.05) is 25.8 Å². The third kappa shape index (κ3) is 3.89. The number of carbonyl (C=O) groups excluding carboxylic acids is 1. The van der Waals surface area contributed by atoms with Gasteiger partial charge in [0.15, 0.2) is 16.6 Å². The lowest BCUT2D eigenvalue weighted by molar-refractivity contribution is -0.126. The third-order valence-electron chi connectivity index (χ3n) is 5.74. The molecule has 1 atom stereocenters. The Balaban J connectivity index is 1.96. The lowest BCUT2D eigenvalue weighted by Gasteiger charge is -2.40. The number of pyridine rings is 2. The number of aromatic nitrogens is 4. The average Bonchev–Trinajstić information content (AvgIpc) is 2.80. The number of aryl methyl sites for hydroxylation is 2. The number of nitrogens with zero attached hydrogens (tertiary/aromatic N) is 6. The first kappa shape index (κ1) is 22.6. The number of fused-ring (bicyclic) bond motifs is 1. The molecule has 8 nitrogen and oxygen atoms in total. The van der Waals surface area contributed by atoms with Gasteiger partial charge in [-0.3, -0.25) is 9.78 Å². The maximum absolute atomic E-state index is 14.6. The molecule has 0 aromatic carbocycles. The van der Waals surface area contributed by atoms with Crippen molar-refractivity contribution in [3.63, 3.8) is 0 Å². The lowest BCUT2D eigenvalue weighted by atomic mass is 10.1. The summed E-state index contributed by atoms with van der Waals surface area (Å²) in [7, 11) is 0. The van der Waals surface area contributed by atoms with Crippen molar-refractivity contribution in [2.45, 2.75) is 19.9 Å². The van der Waals surface area contributed by atoms with Crippen molar-refractivity contribution < 1.29 is 9.18 Å². The van der Waals surface area contributed by atoms with E-state index in [1.165, 1.54) is 16.7 Å². The summed E-state index contributed by atoms with van der Waals surface area (Å²) >= 11 is 6.02. The first-order valence-corrected chi connectivity index (χ1v) is 10.7. The summed E-state index contributed by atoms with van der Waals surface area (Å²) in [6.07, 6.45) is 4.56. The number of halogens is 2. The van der Waals surface area contributed by atoms with Gasteiger partial charge in [-0.25, -0.2) is 18.7 Å². The lowest BCUT2D eigenvalue weighted by Crippen LogP contribution is -2.54. The Bertz CT molecular complexity index is 1330. The number of anilines is 1. The SMILES string of the molecule is C=CC(=O)N1CCN(c2nc(=O)n(-c3c(C)ccnc3C)c3nc(Cl)c(F)cc23)C(C=C)C1. The van der Waals surface area contributed by atoms with Crippen molar-refractivity contribution in [3.8, 4) is 5.69 Å². The molecule has 3 aromatic rings. The molecular weight excluding hydrogens is 447 g/mol. The van der Waals surface area contributed by atoms with E-state index in [-0.39, 0.29) is 28.6 Å². The van der Waals surface area contributed by atoms with E-state index in [0.717, 1.165) is 5.56 Å². The summed E-state index contributed by atoms with van der Waals surface area (Å²) in [6, 6.07) is 2.64. The molecule has 0 N–H and O–H groups in total. The second kappa shape index (κ2) is 8.74. The molecule has 0 spiro atoms. The fraction of sp³-hybridized carbons (Fsp3) is 0.261. The minimum Gasteiger partial charge on any atom is -0.346 e. The fourth-order valence-electron chi connectivity index (χ4n) is 4.13. The Morgan fingerprint density at radius 2 is 2.03 bits per heavy atom. The van der Waals surface area contributed by atoms with Crippen molar-refractivity contribution >= 4 is 34.4 Å². The maximum atomic E-state index is 14.6. The van der Waals surface area contributed by atoms with Crippen LogP contribution < -0.4 is 10.6 Å². The molecule has 0 saturated carbocycles. The van der Waals surface area contributed by atoms with Gasteiger partial charge in [0.25, 0.3) is 0 Å². The monoisotopic (exact) mass is 468 g/mol. The van der Waals surface area contributed by atoms with Gasteiger partial charge in [-0.2, -0.15) is 4.98 Å². The van der Waals surface area contributed by atoms with Crippen molar-refractivity contribution in [1.29, 1.82) is 0 Å². The molecule has 0 bridgehead atoms. The third-order valence-corrected chi connectivity index (χ3v) is 6.01. The zero-order valence-corrected chi connectivity index (χ0v) is 19.0. The van der Waals surface area contributed by atoms with Crippen LogP contribution in [0.25, 0.3) is 16.7 Å². The first-order chi connectivity index (χ1) is 15.8. The number of carbonyl (C=O) groups is 1. The largest absolute Gasteiger partial charge is 0.355 e. The molecule has 3 aromatic heterocycles. The highest BCUT2D eigenvalue weighted by atomic mass is 35.5. The smallest absolute Gasteiger partial charge is 0.346 e. The molecule has 1 aliphatic heterocycles.